The number of carbonyl (C=O) groups is 1. The second kappa shape index (κ2) is 9.17. The normalized spacial score (nSPS) is 10.2. The molecule has 134 valence electrons. The van der Waals surface area contributed by atoms with Crippen molar-refractivity contribution in [3.63, 3.8) is 0 Å². The van der Waals surface area contributed by atoms with Gasteiger partial charge >= 0.3 is 0 Å². The van der Waals surface area contributed by atoms with E-state index in [4.69, 9.17) is 14.2 Å². The van der Waals surface area contributed by atoms with E-state index in [1.165, 1.54) is 38.1 Å². The molecular weight excluding hydrogens is 345 g/mol. The Morgan fingerprint density at radius 3 is 2.44 bits per heavy atom. The first kappa shape index (κ1) is 18.9. The van der Waals surface area contributed by atoms with Gasteiger partial charge in [-0.3, -0.25) is 4.79 Å². The van der Waals surface area contributed by atoms with Crippen molar-refractivity contribution >= 4 is 23.4 Å². The minimum absolute atomic E-state index is 0.188. The summed E-state index contributed by atoms with van der Waals surface area (Å²) in [7, 11) is 4.61. The first-order chi connectivity index (χ1) is 12.1. The number of ether oxygens (including phenoxy) is 3. The van der Waals surface area contributed by atoms with Crippen molar-refractivity contribution in [2.45, 2.75) is 5.75 Å². The lowest BCUT2D eigenvalue weighted by atomic mass is 10.2. The van der Waals surface area contributed by atoms with E-state index in [0.29, 0.717) is 34.3 Å². The van der Waals surface area contributed by atoms with Crippen LogP contribution in [0.2, 0.25) is 0 Å². The molecule has 0 saturated heterocycles. The molecule has 0 unspecified atom stereocenters. The number of thioether (sulfide) groups is 1. The smallest absolute Gasteiger partial charge is 0.234 e. The third-order valence-electron chi connectivity index (χ3n) is 3.41. The predicted octanol–water partition coefficient (Wildman–Crippen LogP) is 3.72. The van der Waals surface area contributed by atoms with Gasteiger partial charge in [0.05, 0.1) is 32.8 Å². The fourth-order valence-corrected chi connectivity index (χ4v) is 3.02. The van der Waals surface area contributed by atoms with Crippen molar-refractivity contribution in [2.75, 3.05) is 32.4 Å². The number of rotatable bonds is 8. The molecular formula is C18H20FNO4S. The van der Waals surface area contributed by atoms with Gasteiger partial charge in [-0.05, 0) is 30.3 Å². The van der Waals surface area contributed by atoms with E-state index in [1.54, 1.807) is 31.4 Å². The molecule has 0 heterocycles. The van der Waals surface area contributed by atoms with Gasteiger partial charge < -0.3 is 19.5 Å². The summed E-state index contributed by atoms with van der Waals surface area (Å²) in [5, 5.41) is 2.79. The third-order valence-corrected chi connectivity index (χ3v) is 4.40. The highest BCUT2D eigenvalue weighted by Crippen LogP contribution is 2.29. The lowest BCUT2D eigenvalue weighted by Crippen LogP contribution is -2.15. The van der Waals surface area contributed by atoms with Crippen LogP contribution in [0.25, 0.3) is 0 Å². The standard InChI is InChI=1S/C18H20FNO4S/c1-22-14-5-7-17(24-3)15(9-14)20-18(21)11-25-10-12-8-13(19)4-6-16(12)23-2/h4-9H,10-11H2,1-3H3,(H,20,21). The SMILES string of the molecule is COc1ccc(OC)c(NC(=O)CSCc2cc(F)ccc2OC)c1. The zero-order chi connectivity index (χ0) is 18.2. The Bertz CT molecular complexity index is 739. The van der Waals surface area contributed by atoms with Crippen molar-refractivity contribution in [1.82, 2.24) is 0 Å². The third kappa shape index (κ3) is 5.29. The number of carbonyl (C=O) groups excluding carboxylic acids is 1. The van der Waals surface area contributed by atoms with Gasteiger partial charge in [0, 0.05) is 17.4 Å². The summed E-state index contributed by atoms with van der Waals surface area (Å²) in [4.78, 5) is 12.2. The average Bonchev–Trinajstić information content (AvgIpc) is 2.61. The summed E-state index contributed by atoms with van der Waals surface area (Å²) in [6, 6.07) is 9.49. The largest absolute Gasteiger partial charge is 0.497 e. The van der Waals surface area contributed by atoms with E-state index in [2.05, 4.69) is 5.32 Å². The first-order valence-corrected chi connectivity index (χ1v) is 8.65. The Balaban J connectivity index is 1.94. The number of benzene rings is 2. The van der Waals surface area contributed by atoms with Crippen LogP contribution in [0, 0.1) is 5.82 Å². The Kier molecular flexibility index (Phi) is 6.94. The Morgan fingerprint density at radius 1 is 1.04 bits per heavy atom. The van der Waals surface area contributed by atoms with Crippen LogP contribution in [0.3, 0.4) is 0 Å². The van der Waals surface area contributed by atoms with Crippen LogP contribution in [0.4, 0.5) is 10.1 Å². The lowest BCUT2D eigenvalue weighted by molar-refractivity contribution is -0.113. The Hall–Kier alpha value is -2.41. The quantitative estimate of drug-likeness (QED) is 0.773. The summed E-state index contributed by atoms with van der Waals surface area (Å²) in [5.74, 6) is 1.92. The molecule has 25 heavy (non-hydrogen) atoms. The van der Waals surface area contributed by atoms with Gasteiger partial charge in [-0.25, -0.2) is 4.39 Å². The van der Waals surface area contributed by atoms with Gasteiger partial charge in [0.2, 0.25) is 5.91 Å². The summed E-state index contributed by atoms with van der Waals surface area (Å²) < 4.78 is 28.9. The van der Waals surface area contributed by atoms with Crippen LogP contribution in [0.15, 0.2) is 36.4 Å². The Labute approximate surface area is 150 Å². The first-order valence-electron chi connectivity index (χ1n) is 7.49. The lowest BCUT2D eigenvalue weighted by Gasteiger charge is -2.12. The number of methoxy groups -OCH3 is 3. The van der Waals surface area contributed by atoms with Crippen molar-refractivity contribution in [2.24, 2.45) is 0 Å². The number of nitrogens with one attached hydrogen (secondary N) is 1. The number of hydrogen-bond acceptors (Lipinski definition) is 5. The fourth-order valence-electron chi connectivity index (χ4n) is 2.21. The van der Waals surface area contributed by atoms with Crippen LogP contribution in [-0.4, -0.2) is 33.0 Å². The number of amides is 1. The van der Waals surface area contributed by atoms with Crippen LogP contribution in [0.1, 0.15) is 5.56 Å². The molecule has 0 saturated carbocycles. The van der Waals surface area contributed by atoms with E-state index in [1.807, 2.05) is 0 Å². The summed E-state index contributed by atoms with van der Waals surface area (Å²) in [5.41, 5.74) is 1.25. The minimum atomic E-state index is -0.332. The maximum atomic E-state index is 13.3. The zero-order valence-corrected chi connectivity index (χ0v) is 15.1. The minimum Gasteiger partial charge on any atom is -0.497 e. The van der Waals surface area contributed by atoms with E-state index in [0.717, 1.165) is 0 Å². The summed E-state index contributed by atoms with van der Waals surface area (Å²) >= 11 is 1.36. The van der Waals surface area contributed by atoms with Gasteiger partial charge in [0.15, 0.2) is 0 Å². The molecule has 1 N–H and O–H groups in total. The molecule has 0 aliphatic carbocycles. The van der Waals surface area contributed by atoms with Crippen LogP contribution < -0.4 is 19.5 Å². The number of hydrogen-bond donors (Lipinski definition) is 1. The van der Waals surface area contributed by atoms with Gasteiger partial charge in [0.1, 0.15) is 23.1 Å². The van der Waals surface area contributed by atoms with Gasteiger partial charge in [-0.2, -0.15) is 0 Å². The summed E-state index contributed by atoms with van der Waals surface area (Å²) in [6.45, 7) is 0. The van der Waals surface area contributed by atoms with Crippen LogP contribution in [0.5, 0.6) is 17.2 Å². The second-order valence-electron chi connectivity index (χ2n) is 5.06. The summed E-state index contributed by atoms with van der Waals surface area (Å²) in [6.07, 6.45) is 0. The molecule has 2 aromatic carbocycles. The van der Waals surface area contributed by atoms with E-state index >= 15 is 0 Å². The molecule has 0 atom stereocenters. The average molecular weight is 365 g/mol. The topological polar surface area (TPSA) is 56.8 Å². The maximum Gasteiger partial charge on any atom is 0.234 e. The van der Waals surface area contributed by atoms with E-state index in [9.17, 15) is 9.18 Å². The van der Waals surface area contributed by atoms with Gasteiger partial charge in [-0.15, -0.1) is 11.8 Å². The molecule has 0 spiro atoms. The van der Waals surface area contributed by atoms with Crippen molar-refractivity contribution in [1.29, 1.82) is 0 Å². The fraction of sp³-hybridized carbons (Fsp3) is 0.278. The molecule has 0 bridgehead atoms. The van der Waals surface area contributed by atoms with E-state index in [-0.39, 0.29) is 17.5 Å². The molecule has 0 radical (unpaired) electrons. The van der Waals surface area contributed by atoms with Crippen LogP contribution >= 0.6 is 11.8 Å². The van der Waals surface area contributed by atoms with Crippen molar-refractivity contribution in [3.05, 3.63) is 47.8 Å². The molecule has 5 nitrogen and oxygen atoms in total. The molecule has 0 aliphatic heterocycles. The van der Waals surface area contributed by atoms with E-state index < -0.39 is 0 Å². The number of halogens is 1. The second-order valence-corrected chi connectivity index (χ2v) is 6.05. The highest BCUT2D eigenvalue weighted by Gasteiger charge is 2.11. The Morgan fingerprint density at radius 2 is 1.76 bits per heavy atom. The highest BCUT2D eigenvalue weighted by molar-refractivity contribution is 7.99. The molecule has 0 fully saturated rings. The highest BCUT2D eigenvalue weighted by atomic mass is 32.2. The molecule has 0 aromatic heterocycles. The molecule has 0 aliphatic rings. The van der Waals surface area contributed by atoms with Crippen LogP contribution in [-0.2, 0) is 10.5 Å². The van der Waals surface area contributed by atoms with Gasteiger partial charge in [-0.1, -0.05) is 0 Å². The number of anilines is 1. The predicted molar refractivity (Wildman–Crippen MR) is 97.3 cm³/mol. The molecule has 1 amide bonds. The van der Waals surface area contributed by atoms with Crippen molar-refractivity contribution in [3.8, 4) is 17.2 Å². The van der Waals surface area contributed by atoms with Gasteiger partial charge in [0.25, 0.3) is 0 Å². The molecule has 2 aromatic rings. The maximum absolute atomic E-state index is 13.3. The zero-order valence-electron chi connectivity index (χ0n) is 14.3. The molecule has 7 heteroatoms. The van der Waals surface area contributed by atoms with Crippen molar-refractivity contribution < 1.29 is 23.4 Å². The molecule has 2 rings (SSSR count). The monoisotopic (exact) mass is 365 g/mol.